The number of benzene rings is 3. The van der Waals surface area contributed by atoms with Crippen LogP contribution in [-0.4, -0.2) is 8.80 Å². The Hall–Kier alpha value is -2.38. The third-order valence-electron chi connectivity index (χ3n) is 3.60. The maximum absolute atomic E-state index is 2.42. The fourth-order valence-electron chi connectivity index (χ4n) is 2.51. The van der Waals surface area contributed by atoms with Gasteiger partial charge in [-0.2, -0.15) is 0 Å². The average molecular weight is 286 g/mol. The van der Waals surface area contributed by atoms with E-state index in [2.05, 4.69) is 103 Å². The van der Waals surface area contributed by atoms with Crippen LogP contribution in [0.25, 0.3) is 6.08 Å². The van der Waals surface area contributed by atoms with E-state index in [1.165, 1.54) is 15.9 Å². The lowest BCUT2D eigenvalue weighted by Crippen LogP contribution is -2.40. The monoisotopic (exact) mass is 286 g/mol. The lowest BCUT2D eigenvalue weighted by atomic mass is 10.2. The Morgan fingerprint density at radius 2 is 0.952 bits per heavy atom. The largest absolute Gasteiger partial charge is 0.125 e. The molecule has 3 rings (SSSR count). The molecule has 0 radical (unpaired) electrons. The SMILES string of the molecule is C(=C[SiH](c1ccccc1)c1ccccc1)c1ccccc1. The number of hydrogen-bond donors (Lipinski definition) is 0. The molecule has 0 heterocycles. The van der Waals surface area contributed by atoms with Crippen LogP contribution in [0.15, 0.2) is 96.7 Å². The standard InChI is InChI=1S/C20H18Si/c1-4-10-18(11-5-1)16-17-21(19-12-6-2-7-13-19)20-14-8-3-9-15-20/h1-17,21H. The Labute approximate surface area is 128 Å². The van der Waals surface area contributed by atoms with Crippen LogP contribution in [0.4, 0.5) is 0 Å². The molecule has 102 valence electrons. The van der Waals surface area contributed by atoms with Crippen molar-refractivity contribution >= 4 is 25.2 Å². The summed E-state index contributed by atoms with van der Waals surface area (Å²) < 4.78 is 0. The van der Waals surface area contributed by atoms with Crippen LogP contribution in [0.3, 0.4) is 0 Å². The highest BCUT2D eigenvalue weighted by Gasteiger charge is 2.11. The highest BCUT2D eigenvalue weighted by atomic mass is 28.3. The summed E-state index contributed by atoms with van der Waals surface area (Å²) in [6.07, 6.45) is 2.26. The molecule has 0 aliphatic carbocycles. The van der Waals surface area contributed by atoms with Gasteiger partial charge in [-0.3, -0.25) is 0 Å². The molecule has 3 aromatic rings. The van der Waals surface area contributed by atoms with Crippen molar-refractivity contribution in [3.63, 3.8) is 0 Å². The first-order valence-corrected chi connectivity index (χ1v) is 9.09. The molecular weight excluding hydrogens is 268 g/mol. The summed E-state index contributed by atoms with van der Waals surface area (Å²) in [5, 5.41) is 2.91. The summed E-state index contributed by atoms with van der Waals surface area (Å²) in [5.74, 6) is 0. The van der Waals surface area contributed by atoms with E-state index in [9.17, 15) is 0 Å². The second kappa shape index (κ2) is 6.87. The van der Waals surface area contributed by atoms with Gasteiger partial charge in [0.1, 0.15) is 8.80 Å². The minimum Gasteiger partial charge on any atom is -0.0883 e. The molecule has 1 heteroatoms. The third kappa shape index (κ3) is 3.59. The summed E-state index contributed by atoms with van der Waals surface area (Å²) in [5.41, 5.74) is 3.68. The maximum Gasteiger partial charge on any atom is 0.125 e. The molecule has 21 heavy (non-hydrogen) atoms. The van der Waals surface area contributed by atoms with Crippen LogP contribution in [0.5, 0.6) is 0 Å². The Kier molecular flexibility index (Phi) is 4.44. The maximum atomic E-state index is 2.42. The van der Waals surface area contributed by atoms with Crippen LogP contribution in [0, 0.1) is 0 Å². The highest BCUT2D eigenvalue weighted by molar-refractivity contribution is 6.89. The van der Waals surface area contributed by atoms with Crippen molar-refractivity contribution in [2.45, 2.75) is 0 Å². The van der Waals surface area contributed by atoms with Gasteiger partial charge in [-0.15, -0.1) is 0 Å². The van der Waals surface area contributed by atoms with E-state index in [1.807, 2.05) is 0 Å². The zero-order valence-electron chi connectivity index (χ0n) is 11.9. The fourth-order valence-corrected chi connectivity index (χ4v) is 5.02. The van der Waals surface area contributed by atoms with E-state index in [1.54, 1.807) is 0 Å². The van der Waals surface area contributed by atoms with Crippen molar-refractivity contribution in [3.05, 3.63) is 102 Å². The Bertz CT molecular complexity index is 648. The number of hydrogen-bond acceptors (Lipinski definition) is 0. The second-order valence-electron chi connectivity index (χ2n) is 5.07. The summed E-state index contributed by atoms with van der Waals surface area (Å²) >= 11 is 0. The van der Waals surface area contributed by atoms with E-state index < -0.39 is 8.80 Å². The highest BCUT2D eigenvalue weighted by Crippen LogP contribution is 2.03. The molecule has 0 spiro atoms. The Morgan fingerprint density at radius 1 is 0.524 bits per heavy atom. The molecule has 3 aromatic carbocycles. The first-order valence-electron chi connectivity index (χ1n) is 7.26. The normalized spacial score (nSPS) is 11.1. The van der Waals surface area contributed by atoms with Crippen molar-refractivity contribution in [1.29, 1.82) is 0 Å². The minimum atomic E-state index is -1.30. The zero-order chi connectivity index (χ0) is 14.3. The van der Waals surface area contributed by atoms with Gasteiger partial charge in [0.15, 0.2) is 0 Å². The van der Waals surface area contributed by atoms with Crippen molar-refractivity contribution in [2.24, 2.45) is 0 Å². The molecule has 0 aliphatic rings. The Balaban J connectivity index is 1.96. The summed E-state index contributed by atoms with van der Waals surface area (Å²) in [7, 11) is -1.30. The molecule has 0 atom stereocenters. The van der Waals surface area contributed by atoms with Crippen LogP contribution in [0.2, 0.25) is 0 Å². The first-order chi connectivity index (χ1) is 10.4. The average Bonchev–Trinajstić information content (AvgIpc) is 2.58. The summed E-state index contributed by atoms with van der Waals surface area (Å²) in [4.78, 5) is 0. The molecule has 0 N–H and O–H groups in total. The summed E-state index contributed by atoms with van der Waals surface area (Å²) in [6.45, 7) is 0. The first kappa shape index (κ1) is 13.6. The van der Waals surface area contributed by atoms with Gasteiger partial charge >= 0.3 is 0 Å². The smallest absolute Gasteiger partial charge is 0.0883 e. The van der Waals surface area contributed by atoms with Crippen LogP contribution in [-0.2, 0) is 0 Å². The van der Waals surface area contributed by atoms with E-state index in [0.29, 0.717) is 0 Å². The predicted molar refractivity (Wildman–Crippen MR) is 94.8 cm³/mol. The van der Waals surface area contributed by atoms with E-state index in [-0.39, 0.29) is 0 Å². The fraction of sp³-hybridized carbons (Fsp3) is 0. The lowest BCUT2D eigenvalue weighted by Gasteiger charge is -2.12. The van der Waals surface area contributed by atoms with Crippen molar-refractivity contribution in [1.82, 2.24) is 0 Å². The van der Waals surface area contributed by atoms with E-state index in [4.69, 9.17) is 0 Å². The van der Waals surface area contributed by atoms with Crippen molar-refractivity contribution in [2.75, 3.05) is 0 Å². The second-order valence-corrected chi connectivity index (χ2v) is 7.74. The molecule has 0 bridgehead atoms. The minimum absolute atomic E-state index is 1.27. The van der Waals surface area contributed by atoms with Gasteiger partial charge in [-0.05, 0) is 5.56 Å². The van der Waals surface area contributed by atoms with E-state index in [0.717, 1.165) is 0 Å². The van der Waals surface area contributed by atoms with Crippen molar-refractivity contribution < 1.29 is 0 Å². The van der Waals surface area contributed by atoms with Crippen LogP contribution < -0.4 is 10.4 Å². The number of rotatable bonds is 4. The predicted octanol–water partition coefficient (Wildman–Crippen LogP) is 3.28. The van der Waals surface area contributed by atoms with Gasteiger partial charge < -0.3 is 0 Å². The molecule has 0 nitrogen and oxygen atoms in total. The third-order valence-corrected chi connectivity index (χ3v) is 6.38. The van der Waals surface area contributed by atoms with Gasteiger partial charge in [0.2, 0.25) is 0 Å². The molecule has 0 aromatic heterocycles. The quantitative estimate of drug-likeness (QED) is 0.646. The zero-order valence-corrected chi connectivity index (χ0v) is 13.0. The van der Waals surface area contributed by atoms with Gasteiger partial charge in [-0.25, -0.2) is 0 Å². The van der Waals surface area contributed by atoms with Crippen molar-refractivity contribution in [3.8, 4) is 0 Å². The summed E-state index contributed by atoms with van der Waals surface area (Å²) in [6, 6.07) is 32.2. The van der Waals surface area contributed by atoms with Crippen LogP contribution >= 0.6 is 0 Å². The molecule has 0 aliphatic heterocycles. The molecule has 0 amide bonds. The Morgan fingerprint density at radius 3 is 1.43 bits per heavy atom. The van der Waals surface area contributed by atoms with Gasteiger partial charge in [0, 0.05) is 0 Å². The molecule has 0 fully saturated rings. The van der Waals surface area contributed by atoms with Gasteiger partial charge in [0.25, 0.3) is 0 Å². The van der Waals surface area contributed by atoms with Crippen LogP contribution in [0.1, 0.15) is 5.56 Å². The topological polar surface area (TPSA) is 0 Å². The van der Waals surface area contributed by atoms with Gasteiger partial charge in [0.05, 0.1) is 0 Å². The molecule has 0 unspecified atom stereocenters. The van der Waals surface area contributed by atoms with Gasteiger partial charge in [-0.1, -0.05) is 113 Å². The molecule has 0 saturated heterocycles. The molecule has 0 saturated carbocycles. The molecular formula is C20H18Si. The van der Waals surface area contributed by atoms with E-state index >= 15 is 0 Å². The lowest BCUT2D eigenvalue weighted by molar-refractivity contribution is 1.66.